The number of nitro benzene ring substituents is 1. The van der Waals surface area contributed by atoms with Crippen LogP contribution in [0.5, 0.6) is 0 Å². The van der Waals surface area contributed by atoms with Gasteiger partial charge in [-0.1, -0.05) is 44.2 Å². The van der Waals surface area contributed by atoms with Crippen LogP contribution in [0, 0.1) is 17.0 Å². The molecule has 0 saturated heterocycles. The zero-order valence-electron chi connectivity index (χ0n) is 18.5. The van der Waals surface area contributed by atoms with Crippen LogP contribution >= 0.6 is 0 Å². The number of aryl methyl sites for hydroxylation is 2. The highest BCUT2D eigenvalue weighted by Crippen LogP contribution is 2.30. The van der Waals surface area contributed by atoms with E-state index in [1.165, 1.54) is 23.8 Å². The Morgan fingerprint density at radius 1 is 1.16 bits per heavy atom. The van der Waals surface area contributed by atoms with Gasteiger partial charge >= 0.3 is 0 Å². The third kappa shape index (κ3) is 5.81. The Hall–Kier alpha value is -2.94. The highest BCUT2D eigenvalue weighted by molar-refractivity contribution is 7.92. The fraction of sp³-hybridized carbons (Fsp3) is 0.409. The maximum atomic E-state index is 13.1. The third-order valence-corrected chi connectivity index (χ3v) is 6.38. The number of nitro groups is 1. The quantitative estimate of drug-likeness (QED) is 0.463. The summed E-state index contributed by atoms with van der Waals surface area (Å²) in [6.45, 7) is 7.24. The highest BCUT2D eigenvalue weighted by atomic mass is 32.2. The second-order valence-electron chi connectivity index (χ2n) is 7.54. The molecule has 1 N–H and O–H groups in total. The minimum absolute atomic E-state index is 0.124. The predicted octanol–water partition coefficient (Wildman–Crippen LogP) is 3.89. The number of sulfonamides is 1. The first-order chi connectivity index (χ1) is 14.5. The molecule has 0 fully saturated rings. The van der Waals surface area contributed by atoms with Gasteiger partial charge in [0, 0.05) is 12.1 Å². The van der Waals surface area contributed by atoms with E-state index in [0.29, 0.717) is 5.56 Å². The lowest BCUT2D eigenvalue weighted by Crippen LogP contribution is -2.50. The molecule has 2 rings (SSSR count). The highest BCUT2D eigenvalue weighted by Gasteiger charge is 2.33. The molecule has 0 aliphatic heterocycles. The van der Waals surface area contributed by atoms with E-state index >= 15 is 0 Å². The summed E-state index contributed by atoms with van der Waals surface area (Å²) in [4.78, 5) is 23.7. The molecule has 1 amide bonds. The van der Waals surface area contributed by atoms with Crippen molar-refractivity contribution in [2.24, 2.45) is 0 Å². The predicted molar refractivity (Wildman–Crippen MR) is 122 cm³/mol. The second kappa shape index (κ2) is 9.91. The smallest absolute Gasteiger partial charge is 0.271 e. The molecular formula is C22H29N3O5S. The third-order valence-electron chi connectivity index (χ3n) is 5.22. The topological polar surface area (TPSA) is 110 Å². The molecule has 2 aromatic rings. The zero-order valence-corrected chi connectivity index (χ0v) is 19.3. The molecule has 9 heteroatoms. The van der Waals surface area contributed by atoms with E-state index in [1.54, 1.807) is 13.8 Å². The van der Waals surface area contributed by atoms with Gasteiger partial charge in [0.25, 0.3) is 5.69 Å². The van der Waals surface area contributed by atoms with Crippen LogP contribution in [0.25, 0.3) is 0 Å². The van der Waals surface area contributed by atoms with Gasteiger partial charge in [-0.3, -0.25) is 19.2 Å². The number of non-ortho nitro benzene ring substituents is 1. The van der Waals surface area contributed by atoms with E-state index in [1.807, 2.05) is 31.2 Å². The summed E-state index contributed by atoms with van der Waals surface area (Å²) in [7, 11) is -3.90. The molecule has 2 atom stereocenters. The monoisotopic (exact) mass is 447 g/mol. The number of benzene rings is 2. The first kappa shape index (κ1) is 24.3. The van der Waals surface area contributed by atoms with Crippen LogP contribution in [0.15, 0.2) is 42.5 Å². The fourth-order valence-electron chi connectivity index (χ4n) is 3.42. The Kier molecular flexibility index (Phi) is 7.78. The van der Waals surface area contributed by atoms with Crippen molar-refractivity contribution in [3.8, 4) is 0 Å². The van der Waals surface area contributed by atoms with Crippen LogP contribution in [0.2, 0.25) is 0 Å². The summed E-state index contributed by atoms with van der Waals surface area (Å²) in [6.07, 6.45) is 2.10. The van der Waals surface area contributed by atoms with Crippen molar-refractivity contribution in [3.63, 3.8) is 0 Å². The van der Waals surface area contributed by atoms with Crippen LogP contribution in [0.4, 0.5) is 11.4 Å². The molecule has 0 heterocycles. The molecular weight excluding hydrogens is 418 g/mol. The Morgan fingerprint density at radius 3 is 2.26 bits per heavy atom. The number of nitrogens with zero attached hydrogens (tertiary/aromatic N) is 2. The largest absolute Gasteiger partial charge is 0.348 e. The van der Waals surface area contributed by atoms with Crippen LogP contribution in [0.1, 0.15) is 49.9 Å². The number of nitrogens with one attached hydrogen (secondary N) is 1. The number of rotatable bonds is 9. The summed E-state index contributed by atoms with van der Waals surface area (Å²) in [5, 5.41) is 14.1. The second-order valence-corrected chi connectivity index (χ2v) is 9.40. The van der Waals surface area contributed by atoms with E-state index in [0.717, 1.165) is 22.5 Å². The molecule has 0 aliphatic carbocycles. The van der Waals surface area contributed by atoms with E-state index in [9.17, 15) is 23.3 Å². The molecule has 2 aromatic carbocycles. The lowest BCUT2D eigenvalue weighted by atomic mass is 10.0. The molecule has 0 radical (unpaired) electrons. The van der Waals surface area contributed by atoms with Gasteiger partial charge in [-0.2, -0.15) is 0 Å². The van der Waals surface area contributed by atoms with E-state index in [2.05, 4.69) is 12.2 Å². The summed E-state index contributed by atoms with van der Waals surface area (Å²) < 4.78 is 26.3. The Balaban J connectivity index is 2.39. The van der Waals surface area contributed by atoms with E-state index < -0.39 is 26.9 Å². The number of carbonyl (C=O) groups excluding carboxylic acids is 1. The SMILES string of the molecule is CCc1ccc([C@H](C)NC(=O)[C@@H](CC)N(c2cc([N+](=O)[O-])ccc2C)S(C)(=O)=O)cc1. The van der Waals surface area contributed by atoms with E-state index in [4.69, 9.17) is 0 Å². The number of carbonyl (C=O) groups is 1. The van der Waals surface area contributed by atoms with Crippen LogP contribution in [0.3, 0.4) is 0 Å². The van der Waals surface area contributed by atoms with Gasteiger partial charge in [-0.15, -0.1) is 0 Å². The molecule has 8 nitrogen and oxygen atoms in total. The van der Waals surface area contributed by atoms with Crippen LogP contribution in [-0.2, 0) is 21.2 Å². The first-order valence-electron chi connectivity index (χ1n) is 10.1. The van der Waals surface area contributed by atoms with Crippen molar-refractivity contribution in [2.75, 3.05) is 10.6 Å². The molecule has 0 spiro atoms. The zero-order chi connectivity index (χ0) is 23.3. The maximum absolute atomic E-state index is 13.1. The molecule has 0 aliphatic rings. The fourth-order valence-corrected chi connectivity index (χ4v) is 4.68. The van der Waals surface area contributed by atoms with Crippen molar-refractivity contribution in [3.05, 3.63) is 69.3 Å². The van der Waals surface area contributed by atoms with Crippen LogP contribution in [-0.4, -0.2) is 31.5 Å². The molecule has 31 heavy (non-hydrogen) atoms. The average Bonchev–Trinajstić information content (AvgIpc) is 2.71. The Labute approximate surface area is 183 Å². The molecule has 0 unspecified atom stereocenters. The van der Waals surface area contributed by atoms with Crippen LogP contribution < -0.4 is 9.62 Å². The maximum Gasteiger partial charge on any atom is 0.271 e. The minimum Gasteiger partial charge on any atom is -0.348 e. The van der Waals surface area contributed by atoms with Crippen molar-refractivity contribution >= 4 is 27.3 Å². The summed E-state index contributed by atoms with van der Waals surface area (Å²) >= 11 is 0. The molecule has 0 bridgehead atoms. The standard InChI is InChI=1S/C22H29N3O5S/c1-6-17-9-11-18(12-10-17)16(4)23-22(26)20(7-2)24(31(5,29)30)21-14-19(25(27)28)13-8-15(21)3/h8-14,16,20H,6-7H2,1-5H3,(H,23,26)/t16-,20+/m0/s1. The Morgan fingerprint density at radius 2 is 1.77 bits per heavy atom. The van der Waals surface area contributed by atoms with Crippen molar-refractivity contribution in [1.82, 2.24) is 5.32 Å². The lowest BCUT2D eigenvalue weighted by molar-refractivity contribution is -0.384. The van der Waals surface area contributed by atoms with Gasteiger partial charge < -0.3 is 5.32 Å². The number of amides is 1. The molecule has 0 aromatic heterocycles. The normalized spacial score (nSPS) is 13.3. The summed E-state index contributed by atoms with van der Waals surface area (Å²) in [5.41, 5.74) is 2.48. The van der Waals surface area contributed by atoms with E-state index in [-0.39, 0.29) is 23.8 Å². The lowest BCUT2D eigenvalue weighted by Gasteiger charge is -2.32. The van der Waals surface area contributed by atoms with Gasteiger partial charge in [-0.25, -0.2) is 8.42 Å². The summed E-state index contributed by atoms with van der Waals surface area (Å²) in [5.74, 6) is -0.467. The van der Waals surface area contributed by atoms with Gasteiger partial charge in [0.05, 0.1) is 22.9 Å². The Bertz CT molecular complexity index is 1050. The number of anilines is 1. The van der Waals surface area contributed by atoms with Gasteiger partial charge in [0.1, 0.15) is 6.04 Å². The summed E-state index contributed by atoms with van der Waals surface area (Å²) in [6, 6.07) is 10.5. The van der Waals surface area contributed by atoms with Crippen molar-refractivity contribution < 1.29 is 18.1 Å². The number of hydrogen-bond donors (Lipinski definition) is 1. The molecule has 168 valence electrons. The van der Waals surface area contributed by atoms with Gasteiger partial charge in [0.2, 0.25) is 15.9 Å². The molecule has 0 saturated carbocycles. The van der Waals surface area contributed by atoms with Crippen molar-refractivity contribution in [2.45, 2.75) is 52.6 Å². The van der Waals surface area contributed by atoms with Crippen molar-refractivity contribution in [1.29, 1.82) is 0 Å². The first-order valence-corrected chi connectivity index (χ1v) is 12.0. The van der Waals surface area contributed by atoms with Gasteiger partial charge in [0.15, 0.2) is 0 Å². The average molecular weight is 448 g/mol. The number of hydrogen-bond acceptors (Lipinski definition) is 5. The minimum atomic E-state index is -3.90. The van der Waals surface area contributed by atoms with Gasteiger partial charge in [-0.05, 0) is 43.4 Å².